The summed E-state index contributed by atoms with van der Waals surface area (Å²) in [5.41, 5.74) is 1.88. The zero-order valence-electron chi connectivity index (χ0n) is 9.49. The number of aliphatic carboxylic acids is 1. The van der Waals surface area contributed by atoms with Crippen molar-refractivity contribution in [3.05, 3.63) is 23.3 Å². The number of benzene rings is 1. The Morgan fingerprint density at radius 3 is 2.50 bits per heavy atom. The lowest BCUT2D eigenvalue weighted by atomic mass is 10.0. The summed E-state index contributed by atoms with van der Waals surface area (Å²) < 4.78 is 4.99. The molecule has 0 aromatic heterocycles. The van der Waals surface area contributed by atoms with E-state index >= 15 is 0 Å². The molecule has 0 amide bonds. The Bertz CT molecular complexity index is 385. The van der Waals surface area contributed by atoms with Gasteiger partial charge in [-0.2, -0.15) is 0 Å². The average Bonchev–Trinajstić information content (AvgIpc) is 2.26. The monoisotopic (exact) mass is 224 g/mol. The fourth-order valence-electron chi connectivity index (χ4n) is 1.64. The predicted octanol–water partition coefficient (Wildman–Crippen LogP) is 1.98. The molecule has 0 fully saturated rings. The highest BCUT2D eigenvalue weighted by atomic mass is 16.5. The minimum atomic E-state index is -1.06. The van der Waals surface area contributed by atoms with E-state index in [1.807, 2.05) is 19.9 Å². The van der Waals surface area contributed by atoms with Gasteiger partial charge in [-0.25, -0.2) is 4.79 Å². The summed E-state index contributed by atoms with van der Waals surface area (Å²) >= 11 is 0. The molecule has 0 bridgehead atoms. The number of ether oxygens (including phenoxy) is 1. The number of carbonyl (C=O) groups is 1. The van der Waals surface area contributed by atoms with Gasteiger partial charge in [0.05, 0.1) is 0 Å². The summed E-state index contributed by atoms with van der Waals surface area (Å²) in [6.07, 6.45) is 1.52. The Balaban J connectivity index is 2.99. The van der Waals surface area contributed by atoms with Crippen LogP contribution in [0.4, 0.5) is 0 Å². The normalized spacial score (nSPS) is 10.1. The van der Waals surface area contributed by atoms with Gasteiger partial charge in [0.25, 0.3) is 0 Å². The molecular weight excluding hydrogens is 208 g/mol. The van der Waals surface area contributed by atoms with Crippen molar-refractivity contribution in [2.24, 2.45) is 0 Å². The molecule has 0 heterocycles. The van der Waals surface area contributed by atoms with Gasteiger partial charge in [-0.15, -0.1) is 0 Å². The van der Waals surface area contributed by atoms with Crippen molar-refractivity contribution >= 4 is 5.97 Å². The molecule has 88 valence electrons. The van der Waals surface area contributed by atoms with Crippen LogP contribution in [0, 0.1) is 0 Å². The number of hydrogen-bond acceptors (Lipinski definition) is 3. The van der Waals surface area contributed by atoms with Gasteiger partial charge in [0, 0.05) is 5.56 Å². The number of rotatable bonds is 5. The Morgan fingerprint density at radius 2 is 2.00 bits per heavy atom. The van der Waals surface area contributed by atoms with Gasteiger partial charge >= 0.3 is 5.97 Å². The van der Waals surface area contributed by atoms with E-state index in [0.29, 0.717) is 6.42 Å². The lowest BCUT2D eigenvalue weighted by molar-refractivity contribution is -0.139. The lowest BCUT2D eigenvalue weighted by Gasteiger charge is -2.12. The standard InChI is InChI=1S/C12H16O4/c1-3-8-5-6-10(16-7-11(13)14)12(15)9(8)4-2/h5-6,15H,3-4,7H2,1-2H3,(H,13,14). The second-order valence-corrected chi connectivity index (χ2v) is 3.44. The summed E-state index contributed by atoms with van der Waals surface area (Å²) in [5, 5.41) is 18.4. The summed E-state index contributed by atoms with van der Waals surface area (Å²) in [6, 6.07) is 3.46. The van der Waals surface area contributed by atoms with E-state index in [1.54, 1.807) is 6.07 Å². The van der Waals surface area contributed by atoms with Crippen LogP contribution in [0.15, 0.2) is 12.1 Å². The Morgan fingerprint density at radius 1 is 1.31 bits per heavy atom. The fraction of sp³-hybridized carbons (Fsp3) is 0.417. The third-order valence-corrected chi connectivity index (χ3v) is 2.43. The van der Waals surface area contributed by atoms with E-state index in [2.05, 4.69) is 0 Å². The number of carboxylic acid groups (broad SMARTS) is 1. The first-order valence-electron chi connectivity index (χ1n) is 5.28. The van der Waals surface area contributed by atoms with Crippen molar-refractivity contribution in [3.8, 4) is 11.5 Å². The number of aryl methyl sites for hydroxylation is 1. The van der Waals surface area contributed by atoms with Crippen molar-refractivity contribution in [1.29, 1.82) is 0 Å². The molecule has 2 N–H and O–H groups in total. The zero-order chi connectivity index (χ0) is 12.1. The van der Waals surface area contributed by atoms with Gasteiger partial charge in [-0.05, 0) is 24.5 Å². The Labute approximate surface area is 94.5 Å². The van der Waals surface area contributed by atoms with Crippen LogP contribution in [0.1, 0.15) is 25.0 Å². The number of aromatic hydroxyl groups is 1. The molecule has 4 nitrogen and oxygen atoms in total. The van der Waals surface area contributed by atoms with Crippen LogP contribution in [0.25, 0.3) is 0 Å². The molecule has 0 spiro atoms. The van der Waals surface area contributed by atoms with E-state index in [-0.39, 0.29) is 11.5 Å². The van der Waals surface area contributed by atoms with Gasteiger partial charge in [0.2, 0.25) is 0 Å². The SMILES string of the molecule is CCc1ccc(OCC(=O)O)c(O)c1CC. The molecule has 0 saturated heterocycles. The Kier molecular flexibility index (Phi) is 4.17. The smallest absolute Gasteiger partial charge is 0.341 e. The van der Waals surface area contributed by atoms with Gasteiger partial charge in [0.15, 0.2) is 18.1 Å². The maximum atomic E-state index is 10.4. The van der Waals surface area contributed by atoms with E-state index < -0.39 is 12.6 Å². The molecule has 1 rings (SSSR count). The molecular formula is C12H16O4. The first kappa shape index (κ1) is 12.4. The molecule has 1 aromatic rings. The van der Waals surface area contributed by atoms with Crippen molar-refractivity contribution in [1.82, 2.24) is 0 Å². The molecule has 0 saturated carbocycles. The molecule has 0 radical (unpaired) electrons. The minimum Gasteiger partial charge on any atom is -0.504 e. The first-order valence-corrected chi connectivity index (χ1v) is 5.28. The second kappa shape index (κ2) is 5.39. The summed E-state index contributed by atoms with van der Waals surface area (Å²) in [4.78, 5) is 10.4. The average molecular weight is 224 g/mol. The minimum absolute atomic E-state index is 0.0584. The van der Waals surface area contributed by atoms with Gasteiger partial charge in [-0.1, -0.05) is 19.9 Å². The third-order valence-electron chi connectivity index (χ3n) is 2.43. The van der Waals surface area contributed by atoms with Gasteiger partial charge in [-0.3, -0.25) is 0 Å². The van der Waals surface area contributed by atoms with Crippen LogP contribution < -0.4 is 4.74 Å². The molecule has 4 heteroatoms. The maximum absolute atomic E-state index is 10.4. The lowest BCUT2D eigenvalue weighted by Crippen LogP contribution is -2.10. The number of hydrogen-bond donors (Lipinski definition) is 2. The van der Waals surface area contributed by atoms with Crippen LogP contribution >= 0.6 is 0 Å². The summed E-state index contributed by atoms with van der Waals surface area (Å²) in [7, 11) is 0. The molecule has 1 aromatic carbocycles. The number of phenolic OH excluding ortho intramolecular Hbond substituents is 1. The molecule has 0 unspecified atom stereocenters. The van der Waals surface area contributed by atoms with Gasteiger partial charge in [0.1, 0.15) is 0 Å². The van der Waals surface area contributed by atoms with E-state index in [1.165, 1.54) is 0 Å². The summed E-state index contributed by atoms with van der Waals surface area (Å²) in [6.45, 7) is 3.50. The van der Waals surface area contributed by atoms with Crippen molar-refractivity contribution < 1.29 is 19.7 Å². The molecule has 0 aliphatic rings. The van der Waals surface area contributed by atoms with Crippen LogP contribution in [-0.4, -0.2) is 22.8 Å². The summed E-state index contributed by atoms with van der Waals surface area (Å²) in [5.74, 6) is -0.767. The fourth-order valence-corrected chi connectivity index (χ4v) is 1.64. The van der Waals surface area contributed by atoms with Crippen LogP contribution in [0.2, 0.25) is 0 Å². The molecule has 0 atom stereocenters. The zero-order valence-corrected chi connectivity index (χ0v) is 9.49. The second-order valence-electron chi connectivity index (χ2n) is 3.44. The van der Waals surface area contributed by atoms with Crippen LogP contribution in [0.5, 0.6) is 11.5 Å². The highest BCUT2D eigenvalue weighted by Crippen LogP contribution is 2.33. The van der Waals surface area contributed by atoms with E-state index in [0.717, 1.165) is 17.5 Å². The number of carboxylic acids is 1. The quantitative estimate of drug-likeness (QED) is 0.802. The first-order chi connectivity index (χ1) is 7.60. The van der Waals surface area contributed by atoms with E-state index in [9.17, 15) is 9.90 Å². The van der Waals surface area contributed by atoms with E-state index in [4.69, 9.17) is 9.84 Å². The highest BCUT2D eigenvalue weighted by molar-refractivity contribution is 5.68. The number of phenols is 1. The molecule has 0 aliphatic carbocycles. The van der Waals surface area contributed by atoms with Crippen LogP contribution in [-0.2, 0) is 17.6 Å². The highest BCUT2D eigenvalue weighted by Gasteiger charge is 2.12. The Hall–Kier alpha value is -1.71. The third kappa shape index (κ3) is 2.66. The van der Waals surface area contributed by atoms with Crippen LogP contribution in [0.3, 0.4) is 0 Å². The molecule has 0 aliphatic heterocycles. The van der Waals surface area contributed by atoms with Crippen molar-refractivity contribution in [3.63, 3.8) is 0 Å². The maximum Gasteiger partial charge on any atom is 0.341 e. The molecule has 16 heavy (non-hydrogen) atoms. The van der Waals surface area contributed by atoms with Gasteiger partial charge < -0.3 is 14.9 Å². The van der Waals surface area contributed by atoms with Crippen molar-refractivity contribution in [2.75, 3.05) is 6.61 Å². The largest absolute Gasteiger partial charge is 0.504 e. The topological polar surface area (TPSA) is 66.8 Å². The van der Waals surface area contributed by atoms with Crippen molar-refractivity contribution in [2.45, 2.75) is 26.7 Å². The predicted molar refractivity (Wildman–Crippen MR) is 60.0 cm³/mol.